The number of aryl methyl sites for hydroxylation is 1. The molecule has 0 radical (unpaired) electrons. The third kappa shape index (κ3) is 3.95. The van der Waals surface area contributed by atoms with Crippen LogP contribution in [-0.4, -0.2) is 11.9 Å². The van der Waals surface area contributed by atoms with Crippen LogP contribution in [-0.2, 0) is 6.42 Å². The monoisotopic (exact) mass is 268 g/mol. The SMILES string of the molecule is Cc1ccc(CC(=O)c2cccc(OC(C)C)c2)cc1. The highest BCUT2D eigenvalue weighted by molar-refractivity contribution is 5.97. The van der Waals surface area contributed by atoms with Gasteiger partial charge in [0.2, 0.25) is 0 Å². The van der Waals surface area contributed by atoms with Crippen LogP contribution in [0.1, 0.15) is 35.3 Å². The molecule has 2 rings (SSSR count). The van der Waals surface area contributed by atoms with E-state index >= 15 is 0 Å². The van der Waals surface area contributed by atoms with Gasteiger partial charge in [0, 0.05) is 12.0 Å². The zero-order valence-electron chi connectivity index (χ0n) is 12.2. The van der Waals surface area contributed by atoms with Crippen LogP contribution < -0.4 is 4.74 Å². The van der Waals surface area contributed by atoms with Gasteiger partial charge in [-0.15, -0.1) is 0 Å². The van der Waals surface area contributed by atoms with Crippen LogP contribution in [0.15, 0.2) is 48.5 Å². The molecule has 0 aromatic heterocycles. The minimum atomic E-state index is 0.109. The van der Waals surface area contributed by atoms with Gasteiger partial charge >= 0.3 is 0 Å². The van der Waals surface area contributed by atoms with Gasteiger partial charge in [-0.1, -0.05) is 42.0 Å². The maximum Gasteiger partial charge on any atom is 0.167 e. The van der Waals surface area contributed by atoms with Crippen molar-refractivity contribution in [1.29, 1.82) is 0 Å². The number of ketones is 1. The Morgan fingerprint density at radius 1 is 1.10 bits per heavy atom. The van der Waals surface area contributed by atoms with Crippen LogP contribution in [0.25, 0.3) is 0 Å². The molecule has 0 spiro atoms. The summed E-state index contributed by atoms with van der Waals surface area (Å²) in [6.45, 7) is 5.99. The molecule has 0 saturated heterocycles. The molecule has 0 aliphatic carbocycles. The molecule has 2 aromatic carbocycles. The number of hydrogen-bond acceptors (Lipinski definition) is 2. The molecule has 0 aliphatic rings. The largest absolute Gasteiger partial charge is 0.491 e. The Hall–Kier alpha value is -2.09. The van der Waals surface area contributed by atoms with E-state index in [2.05, 4.69) is 0 Å². The molecule has 2 heteroatoms. The summed E-state index contributed by atoms with van der Waals surface area (Å²) in [6.07, 6.45) is 0.531. The Bertz CT molecular complexity index is 583. The molecular formula is C18H20O2. The molecule has 0 unspecified atom stereocenters. The molecule has 0 saturated carbocycles. The highest BCUT2D eigenvalue weighted by Crippen LogP contribution is 2.17. The molecule has 20 heavy (non-hydrogen) atoms. The molecule has 0 aliphatic heterocycles. The Kier molecular flexibility index (Phi) is 4.57. The van der Waals surface area contributed by atoms with Crippen molar-refractivity contribution in [3.8, 4) is 5.75 Å². The highest BCUT2D eigenvalue weighted by atomic mass is 16.5. The van der Waals surface area contributed by atoms with Gasteiger partial charge < -0.3 is 4.74 Å². The predicted octanol–water partition coefficient (Wildman–Crippen LogP) is 4.21. The van der Waals surface area contributed by atoms with Crippen molar-refractivity contribution >= 4 is 5.78 Å². The first kappa shape index (κ1) is 14.3. The van der Waals surface area contributed by atoms with Crippen molar-refractivity contribution in [3.63, 3.8) is 0 Å². The van der Waals surface area contributed by atoms with Crippen LogP contribution in [0.3, 0.4) is 0 Å². The second kappa shape index (κ2) is 6.38. The maximum atomic E-state index is 12.3. The minimum absolute atomic E-state index is 0.109. The summed E-state index contributed by atoms with van der Waals surface area (Å²) < 4.78 is 5.62. The normalized spacial score (nSPS) is 10.6. The molecule has 0 amide bonds. The van der Waals surface area contributed by atoms with Gasteiger partial charge in [-0.2, -0.15) is 0 Å². The Balaban J connectivity index is 2.10. The topological polar surface area (TPSA) is 26.3 Å². The van der Waals surface area contributed by atoms with Gasteiger partial charge in [0.15, 0.2) is 5.78 Å². The average molecular weight is 268 g/mol. The number of Topliss-reactive ketones (excluding diaryl/α,β-unsaturated/α-hetero) is 1. The van der Waals surface area contributed by atoms with Crippen LogP contribution in [0.2, 0.25) is 0 Å². The Labute approximate surface area is 120 Å². The smallest absolute Gasteiger partial charge is 0.167 e. The molecule has 0 N–H and O–H groups in total. The van der Waals surface area contributed by atoms with Crippen LogP contribution in [0.5, 0.6) is 5.75 Å². The Morgan fingerprint density at radius 2 is 1.80 bits per heavy atom. The molecule has 0 bridgehead atoms. The van der Waals surface area contributed by atoms with E-state index in [1.165, 1.54) is 5.56 Å². The molecule has 0 atom stereocenters. The summed E-state index contributed by atoms with van der Waals surface area (Å²) in [6, 6.07) is 15.5. The summed E-state index contributed by atoms with van der Waals surface area (Å²) in [4.78, 5) is 12.3. The lowest BCUT2D eigenvalue weighted by Crippen LogP contribution is -2.07. The van der Waals surface area contributed by atoms with Crippen molar-refractivity contribution in [1.82, 2.24) is 0 Å². The zero-order valence-corrected chi connectivity index (χ0v) is 12.2. The van der Waals surface area contributed by atoms with E-state index in [4.69, 9.17) is 4.74 Å². The number of hydrogen-bond donors (Lipinski definition) is 0. The summed E-state index contributed by atoms with van der Waals surface area (Å²) in [7, 11) is 0. The Morgan fingerprint density at radius 3 is 2.45 bits per heavy atom. The van der Waals surface area contributed by atoms with Crippen molar-refractivity contribution in [2.75, 3.05) is 0 Å². The van der Waals surface area contributed by atoms with Gasteiger partial charge in [0.25, 0.3) is 0 Å². The fourth-order valence-corrected chi connectivity index (χ4v) is 2.01. The lowest BCUT2D eigenvalue weighted by Gasteiger charge is -2.10. The van der Waals surface area contributed by atoms with Crippen molar-refractivity contribution in [3.05, 3.63) is 65.2 Å². The van der Waals surface area contributed by atoms with E-state index in [0.29, 0.717) is 12.0 Å². The van der Waals surface area contributed by atoms with Crippen molar-refractivity contribution in [2.24, 2.45) is 0 Å². The third-order valence-corrected chi connectivity index (χ3v) is 3.01. The lowest BCUT2D eigenvalue weighted by molar-refractivity contribution is 0.0992. The standard InChI is InChI=1S/C18H20O2/c1-13(2)20-17-6-4-5-16(12-17)18(19)11-15-9-7-14(3)8-10-15/h4-10,12-13H,11H2,1-3H3. The first-order valence-corrected chi connectivity index (χ1v) is 6.90. The van der Waals surface area contributed by atoms with E-state index in [0.717, 1.165) is 11.3 Å². The van der Waals surface area contributed by atoms with Gasteiger partial charge in [0.05, 0.1) is 6.10 Å². The highest BCUT2D eigenvalue weighted by Gasteiger charge is 2.08. The molecule has 2 aromatic rings. The fourth-order valence-electron chi connectivity index (χ4n) is 2.01. The van der Waals surface area contributed by atoms with E-state index in [-0.39, 0.29) is 11.9 Å². The number of benzene rings is 2. The van der Waals surface area contributed by atoms with Crippen LogP contribution in [0.4, 0.5) is 0 Å². The molecule has 0 heterocycles. The number of carbonyl (C=O) groups excluding carboxylic acids is 1. The second-order valence-electron chi connectivity index (χ2n) is 5.28. The van der Waals surface area contributed by atoms with Crippen molar-refractivity contribution in [2.45, 2.75) is 33.3 Å². The number of ether oxygens (including phenoxy) is 1. The van der Waals surface area contributed by atoms with Gasteiger partial charge in [-0.05, 0) is 38.5 Å². The number of rotatable bonds is 5. The fraction of sp³-hybridized carbons (Fsp3) is 0.278. The van der Waals surface area contributed by atoms with Gasteiger partial charge in [-0.3, -0.25) is 4.79 Å². The first-order valence-electron chi connectivity index (χ1n) is 6.90. The molecule has 0 fully saturated rings. The van der Waals surface area contributed by atoms with Gasteiger partial charge in [0.1, 0.15) is 5.75 Å². The molecule has 2 nitrogen and oxygen atoms in total. The zero-order chi connectivity index (χ0) is 14.5. The molecular weight excluding hydrogens is 248 g/mol. The number of carbonyl (C=O) groups is 1. The van der Waals surface area contributed by atoms with Crippen LogP contribution in [0, 0.1) is 6.92 Å². The summed E-state index contributed by atoms with van der Waals surface area (Å²) in [5.41, 5.74) is 2.94. The van der Waals surface area contributed by atoms with E-state index in [1.807, 2.05) is 69.3 Å². The van der Waals surface area contributed by atoms with Gasteiger partial charge in [-0.25, -0.2) is 0 Å². The summed E-state index contributed by atoms with van der Waals surface area (Å²) in [5, 5.41) is 0. The van der Waals surface area contributed by atoms with Crippen LogP contribution >= 0.6 is 0 Å². The second-order valence-corrected chi connectivity index (χ2v) is 5.28. The third-order valence-electron chi connectivity index (χ3n) is 3.01. The molecule has 104 valence electrons. The first-order chi connectivity index (χ1) is 9.54. The predicted molar refractivity (Wildman–Crippen MR) is 81.4 cm³/mol. The van der Waals surface area contributed by atoms with E-state index in [9.17, 15) is 4.79 Å². The lowest BCUT2D eigenvalue weighted by atomic mass is 10.0. The van der Waals surface area contributed by atoms with E-state index < -0.39 is 0 Å². The van der Waals surface area contributed by atoms with Crippen molar-refractivity contribution < 1.29 is 9.53 Å². The minimum Gasteiger partial charge on any atom is -0.491 e. The summed E-state index contributed by atoms with van der Waals surface area (Å²) >= 11 is 0. The maximum absolute atomic E-state index is 12.3. The quantitative estimate of drug-likeness (QED) is 0.759. The average Bonchev–Trinajstić information content (AvgIpc) is 2.41. The summed E-state index contributed by atoms with van der Waals surface area (Å²) in [5.74, 6) is 0.859. The van der Waals surface area contributed by atoms with E-state index in [1.54, 1.807) is 0 Å².